The third-order valence-corrected chi connectivity index (χ3v) is 1.62. The Kier molecular flexibility index (Phi) is 6.34. The molecule has 3 nitrogen and oxygen atoms in total. The molecule has 0 aliphatic heterocycles. The van der Waals surface area contributed by atoms with Crippen molar-refractivity contribution < 1.29 is 9.47 Å². The molecule has 0 radical (unpaired) electrons. The first-order valence-electron chi connectivity index (χ1n) is 4.54. The van der Waals surface area contributed by atoms with Crippen LogP contribution >= 0.6 is 0 Å². The molecular weight excluding hydrogens is 154 g/mol. The van der Waals surface area contributed by atoms with Crippen LogP contribution in [-0.4, -0.2) is 32.0 Å². The molecule has 2 N–H and O–H groups in total. The molecule has 0 fully saturated rings. The Morgan fingerprint density at radius 2 is 1.92 bits per heavy atom. The van der Waals surface area contributed by atoms with Crippen LogP contribution in [0.25, 0.3) is 0 Å². The van der Waals surface area contributed by atoms with Gasteiger partial charge in [-0.2, -0.15) is 0 Å². The van der Waals surface area contributed by atoms with Crippen molar-refractivity contribution in [3.8, 4) is 0 Å². The molecular formula is C9H21NO2. The van der Waals surface area contributed by atoms with E-state index >= 15 is 0 Å². The molecule has 0 heterocycles. The summed E-state index contributed by atoms with van der Waals surface area (Å²) in [6.07, 6.45) is 0.942. The molecule has 0 rings (SSSR count). The van der Waals surface area contributed by atoms with Gasteiger partial charge in [0.2, 0.25) is 0 Å². The van der Waals surface area contributed by atoms with Gasteiger partial charge in [-0.1, -0.05) is 0 Å². The Hall–Kier alpha value is -0.120. The second-order valence-corrected chi connectivity index (χ2v) is 3.36. The lowest BCUT2D eigenvalue weighted by molar-refractivity contribution is -0.0198. The molecule has 0 aliphatic carbocycles. The van der Waals surface area contributed by atoms with Gasteiger partial charge < -0.3 is 15.2 Å². The fraction of sp³-hybridized carbons (Fsp3) is 1.00. The highest BCUT2D eigenvalue weighted by Crippen LogP contribution is 2.06. The van der Waals surface area contributed by atoms with Crippen molar-refractivity contribution in [2.75, 3.05) is 26.4 Å². The Morgan fingerprint density at radius 3 is 2.42 bits per heavy atom. The van der Waals surface area contributed by atoms with Crippen LogP contribution in [0.1, 0.15) is 27.2 Å². The first-order valence-corrected chi connectivity index (χ1v) is 4.54. The van der Waals surface area contributed by atoms with Crippen LogP contribution in [0.15, 0.2) is 0 Å². The zero-order valence-electron chi connectivity index (χ0n) is 8.43. The fourth-order valence-electron chi connectivity index (χ4n) is 0.713. The van der Waals surface area contributed by atoms with Gasteiger partial charge in [0, 0.05) is 26.4 Å². The van der Waals surface area contributed by atoms with Crippen molar-refractivity contribution in [1.82, 2.24) is 0 Å². The SMILES string of the molecule is CCOCCCOC(C)(C)CN. The van der Waals surface area contributed by atoms with Gasteiger partial charge in [0.05, 0.1) is 5.60 Å². The number of rotatable bonds is 7. The predicted molar refractivity (Wildman–Crippen MR) is 50.2 cm³/mol. The average molecular weight is 175 g/mol. The summed E-state index contributed by atoms with van der Waals surface area (Å²) in [6.45, 7) is 8.81. The number of hydrogen-bond donors (Lipinski definition) is 1. The normalized spacial score (nSPS) is 12.0. The summed E-state index contributed by atoms with van der Waals surface area (Å²) in [5.74, 6) is 0. The number of ether oxygens (including phenoxy) is 2. The van der Waals surface area contributed by atoms with Gasteiger partial charge >= 0.3 is 0 Å². The molecule has 74 valence electrons. The minimum absolute atomic E-state index is 0.188. The van der Waals surface area contributed by atoms with Crippen LogP contribution in [0.3, 0.4) is 0 Å². The van der Waals surface area contributed by atoms with Crippen molar-refractivity contribution in [1.29, 1.82) is 0 Å². The molecule has 0 aromatic rings. The summed E-state index contributed by atoms with van der Waals surface area (Å²) in [7, 11) is 0. The predicted octanol–water partition coefficient (Wildman–Crippen LogP) is 1.17. The number of nitrogens with two attached hydrogens (primary N) is 1. The first-order chi connectivity index (χ1) is 5.62. The second-order valence-electron chi connectivity index (χ2n) is 3.36. The van der Waals surface area contributed by atoms with Crippen molar-refractivity contribution in [2.45, 2.75) is 32.8 Å². The van der Waals surface area contributed by atoms with Gasteiger partial charge in [-0.25, -0.2) is 0 Å². The van der Waals surface area contributed by atoms with Crippen LogP contribution in [0, 0.1) is 0 Å². The monoisotopic (exact) mass is 175 g/mol. The van der Waals surface area contributed by atoms with Crippen LogP contribution < -0.4 is 5.73 Å². The minimum atomic E-state index is -0.188. The Labute approximate surface area is 75.2 Å². The molecule has 0 saturated carbocycles. The van der Waals surface area contributed by atoms with Crippen LogP contribution in [0.4, 0.5) is 0 Å². The molecule has 0 bridgehead atoms. The van der Waals surface area contributed by atoms with Gasteiger partial charge in [0.1, 0.15) is 0 Å². The molecule has 0 amide bonds. The van der Waals surface area contributed by atoms with Gasteiger partial charge in [-0.3, -0.25) is 0 Å². The Bertz CT molecular complexity index is 105. The van der Waals surface area contributed by atoms with E-state index in [1.165, 1.54) is 0 Å². The second kappa shape index (κ2) is 6.40. The zero-order chi connectivity index (χ0) is 9.45. The lowest BCUT2D eigenvalue weighted by Gasteiger charge is -2.22. The quantitative estimate of drug-likeness (QED) is 0.591. The highest BCUT2D eigenvalue weighted by atomic mass is 16.5. The van der Waals surface area contributed by atoms with E-state index in [0.29, 0.717) is 6.54 Å². The Balaban J connectivity index is 3.19. The maximum absolute atomic E-state index is 5.52. The molecule has 12 heavy (non-hydrogen) atoms. The molecule has 0 atom stereocenters. The van der Waals surface area contributed by atoms with E-state index in [-0.39, 0.29) is 5.60 Å². The standard InChI is InChI=1S/C9H21NO2/c1-4-11-6-5-7-12-9(2,3)8-10/h4-8,10H2,1-3H3. The van der Waals surface area contributed by atoms with Gasteiger partial charge in [0.25, 0.3) is 0 Å². The van der Waals surface area contributed by atoms with Crippen molar-refractivity contribution in [3.63, 3.8) is 0 Å². The van der Waals surface area contributed by atoms with Crippen LogP contribution in [-0.2, 0) is 9.47 Å². The molecule has 0 spiro atoms. The minimum Gasteiger partial charge on any atom is -0.382 e. The fourth-order valence-corrected chi connectivity index (χ4v) is 0.713. The largest absolute Gasteiger partial charge is 0.382 e. The lowest BCUT2D eigenvalue weighted by atomic mass is 10.1. The van der Waals surface area contributed by atoms with Crippen molar-refractivity contribution >= 4 is 0 Å². The maximum atomic E-state index is 5.52. The summed E-state index contributed by atoms with van der Waals surface area (Å²) in [5, 5.41) is 0. The molecule has 0 aliphatic rings. The van der Waals surface area contributed by atoms with E-state index in [1.807, 2.05) is 20.8 Å². The summed E-state index contributed by atoms with van der Waals surface area (Å²) in [5.41, 5.74) is 5.30. The summed E-state index contributed by atoms with van der Waals surface area (Å²) in [6, 6.07) is 0. The van der Waals surface area contributed by atoms with E-state index < -0.39 is 0 Å². The molecule has 0 aromatic heterocycles. The van der Waals surface area contributed by atoms with Crippen molar-refractivity contribution in [2.24, 2.45) is 5.73 Å². The zero-order valence-corrected chi connectivity index (χ0v) is 8.43. The van der Waals surface area contributed by atoms with Crippen LogP contribution in [0.5, 0.6) is 0 Å². The summed E-state index contributed by atoms with van der Waals surface area (Å²) < 4.78 is 10.7. The smallest absolute Gasteiger partial charge is 0.0748 e. The van der Waals surface area contributed by atoms with E-state index in [9.17, 15) is 0 Å². The molecule has 0 aromatic carbocycles. The van der Waals surface area contributed by atoms with Gasteiger partial charge in [-0.15, -0.1) is 0 Å². The van der Waals surface area contributed by atoms with E-state index in [1.54, 1.807) is 0 Å². The van der Waals surface area contributed by atoms with E-state index in [2.05, 4.69) is 0 Å². The van der Waals surface area contributed by atoms with Gasteiger partial charge in [0.15, 0.2) is 0 Å². The highest BCUT2D eigenvalue weighted by molar-refractivity contribution is 4.68. The Morgan fingerprint density at radius 1 is 1.25 bits per heavy atom. The molecule has 0 saturated heterocycles. The average Bonchev–Trinajstić information content (AvgIpc) is 2.04. The topological polar surface area (TPSA) is 44.5 Å². The summed E-state index contributed by atoms with van der Waals surface area (Å²) in [4.78, 5) is 0. The number of hydrogen-bond acceptors (Lipinski definition) is 3. The molecule has 3 heteroatoms. The van der Waals surface area contributed by atoms with Gasteiger partial charge in [-0.05, 0) is 27.2 Å². The summed E-state index contributed by atoms with van der Waals surface area (Å²) >= 11 is 0. The van der Waals surface area contributed by atoms with Crippen LogP contribution in [0.2, 0.25) is 0 Å². The first kappa shape index (κ1) is 11.9. The van der Waals surface area contributed by atoms with E-state index in [0.717, 1.165) is 26.2 Å². The van der Waals surface area contributed by atoms with Crippen molar-refractivity contribution in [3.05, 3.63) is 0 Å². The van der Waals surface area contributed by atoms with E-state index in [4.69, 9.17) is 15.2 Å². The third kappa shape index (κ3) is 6.58. The highest BCUT2D eigenvalue weighted by Gasteiger charge is 2.14. The lowest BCUT2D eigenvalue weighted by Crippen LogP contribution is -2.34. The third-order valence-electron chi connectivity index (χ3n) is 1.62. The molecule has 0 unspecified atom stereocenters. The maximum Gasteiger partial charge on any atom is 0.0748 e.